The van der Waals surface area contributed by atoms with Crippen molar-refractivity contribution in [1.29, 1.82) is 0 Å². The van der Waals surface area contributed by atoms with E-state index in [-0.39, 0.29) is 6.04 Å². The molecule has 0 aliphatic rings. The van der Waals surface area contributed by atoms with Crippen LogP contribution in [0.25, 0.3) is 0 Å². The first kappa shape index (κ1) is 15.1. The molecule has 0 unspecified atom stereocenters. The Morgan fingerprint density at radius 1 is 1.19 bits per heavy atom. The van der Waals surface area contributed by atoms with Gasteiger partial charge in [0.1, 0.15) is 12.0 Å². The summed E-state index contributed by atoms with van der Waals surface area (Å²) in [5, 5.41) is 0. The minimum absolute atomic E-state index is 0.261. The van der Waals surface area contributed by atoms with E-state index in [4.69, 9.17) is 10.5 Å². The highest BCUT2D eigenvalue weighted by Gasteiger charge is 2.18. The van der Waals surface area contributed by atoms with Crippen LogP contribution in [0.3, 0.4) is 0 Å². The monoisotopic (exact) mass is 286 g/mol. The van der Waals surface area contributed by atoms with Crippen LogP contribution >= 0.6 is 0 Å². The molecule has 5 heteroatoms. The van der Waals surface area contributed by atoms with Crippen LogP contribution in [0.5, 0.6) is 5.88 Å². The van der Waals surface area contributed by atoms with Crippen molar-refractivity contribution in [2.75, 3.05) is 17.2 Å². The Kier molecular flexibility index (Phi) is 4.98. The van der Waals surface area contributed by atoms with Crippen LogP contribution in [0.4, 0.5) is 11.5 Å². The van der Waals surface area contributed by atoms with E-state index in [9.17, 15) is 0 Å². The summed E-state index contributed by atoms with van der Waals surface area (Å²) in [6.07, 6.45) is 1.50. The van der Waals surface area contributed by atoms with Crippen molar-refractivity contribution in [3.05, 3.63) is 42.2 Å². The fraction of sp³-hybridized carbons (Fsp3) is 0.375. The second-order valence-electron chi connectivity index (χ2n) is 5.06. The molecule has 112 valence electrons. The Labute approximate surface area is 125 Å². The second-order valence-corrected chi connectivity index (χ2v) is 5.06. The summed E-state index contributed by atoms with van der Waals surface area (Å²) in [5.41, 5.74) is 7.87. The van der Waals surface area contributed by atoms with E-state index in [1.807, 2.05) is 25.1 Å². The number of ether oxygens (including phenoxy) is 1. The topological polar surface area (TPSA) is 64.3 Å². The molecule has 0 saturated heterocycles. The predicted octanol–water partition coefficient (Wildman–Crippen LogP) is 2.87. The molecule has 5 nitrogen and oxygen atoms in total. The van der Waals surface area contributed by atoms with Gasteiger partial charge >= 0.3 is 0 Å². The van der Waals surface area contributed by atoms with Gasteiger partial charge in [-0.25, -0.2) is 4.98 Å². The fourth-order valence-corrected chi connectivity index (χ4v) is 2.13. The van der Waals surface area contributed by atoms with Crippen LogP contribution < -0.4 is 15.4 Å². The molecular formula is C16H22N4O. The van der Waals surface area contributed by atoms with Crippen molar-refractivity contribution in [3.8, 4) is 5.88 Å². The van der Waals surface area contributed by atoms with E-state index in [1.165, 1.54) is 11.9 Å². The van der Waals surface area contributed by atoms with Crippen LogP contribution in [0.1, 0.15) is 26.3 Å². The van der Waals surface area contributed by atoms with Gasteiger partial charge in [0, 0.05) is 12.6 Å². The van der Waals surface area contributed by atoms with E-state index < -0.39 is 0 Å². The number of anilines is 2. The average Bonchev–Trinajstić information content (AvgIpc) is 2.48. The quantitative estimate of drug-likeness (QED) is 0.884. The molecule has 2 aromatic rings. The van der Waals surface area contributed by atoms with E-state index >= 15 is 0 Å². The maximum absolute atomic E-state index is 6.17. The van der Waals surface area contributed by atoms with Crippen LogP contribution in [-0.4, -0.2) is 22.6 Å². The van der Waals surface area contributed by atoms with Crippen molar-refractivity contribution < 1.29 is 4.74 Å². The van der Waals surface area contributed by atoms with Gasteiger partial charge in [0.15, 0.2) is 5.82 Å². The van der Waals surface area contributed by atoms with Gasteiger partial charge in [0.25, 0.3) is 0 Å². The van der Waals surface area contributed by atoms with Crippen molar-refractivity contribution >= 4 is 11.5 Å². The van der Waals surface area contributed by atoms with Crippen LogP contribution in [-0.2, 0) is 6.54 Å². The average molecular weight is 286 g/mol. The molecule has 0 aliphatic carbocycles. The van der Waals surface area contributed by atoms with Gasteiger partial charge in [0.05, 0.1) is 6.61 Å². The minimum Gasteiger partial charge on any atom is -0.476 e. The lowest BCUT2D eigenvalue weighted by molar-refractivity contribution is 0.328. The molecular weight excluding hydrogens is 264 g/mol. The zero-order valence-electron chi connectivity index (χ0n) is 12.8. The largest absolute Gasteiger partial charge is 0.476 e. The third kappa shape index (κ3) is 3.62. The molecule has 1 aromatic heterocycles. The van der Waals surface area contributed by atoms with E-state index in [1.54, 1.807) is 0 Å². The summed E-state index contributed by atoms with van der Waals surface area (Å²) in [7, 11) is 0. The Bertz CT molecular complexity index is 572. The summed E-state index contributed by atoms with van der Waals surface area (Å²) < 4.78 is 5.45. The highest BCUT2D eigenvalue weighted by atomic mass is 16.5. The van der Waals surface area contributed by atoms with Gasteiger partial charge in [-0.05, 0) is 26.3 Å². The normalized spacial score (nSPS) is 10.7. The SMILES string of the molecule is CCOc1ncnc(N(Cc2ccccc2)C(C)C)c1N. The zero-order valence-corrected chi connectivity index (χ0v) is 12.8. The van der Waals surface area contributed by atoms with E-state index in [2.05, 4.69) is 40.8 Å². The van der Waals surface area contributed by atoms with Gasteiger partial charge in [-0.1, -0.05) is 30.3 Å². The first-order chi connectivity index (χ1) is 10.1. The molecule has 1 heterocycles. The van der Waals surface area contributed by atoms with Crippen LogP contribution in [0.2, 0.25) is 0 Å². The Hall–Kier alpha value is -2.30. The lowest BCUT2D eigenvalue weighted by Gasteiger charge is -2.29. The maximum atomic E-state index is 6.17. The summed E-state index contributed by atoms with van der Waals surface area (Å²) in [5.74, 6) is 1.16. The first-order valence-corrected chi connectivity index (χ1v) is 7.17. The van der Waals surface area contributed by atoms with Gasteiger partial charge < -0.3 is 15.4 Å². The Balaban J connectivity index is 2.32. The summed E-state index contributed by atoms with van der Waals surface area (Å²) in [6.45, 7) is 7.41. The van der Waals surface area contributed by atoms with E-state index in [0.717, 1.165) is 6.54 Å². The molecule has 0 saturated carbocycles. The number of nitrogens with two attached hydrogens (primary N) is 1. The standard InChI is InChI=1S/C16H22N4O/c1-4-21-16-14(17)15(18-11-19-16)20(12(2)3)10-13-8-6-5-7-9-13/h5-9,11-12H,4,10,17H2,1-3H3. The number of benzene rings is 1. The lowest BCUT2D eigenvalue weighted by Crippen LogP contribution is -2.31. The molecule has 0 fully saturated rings. The smallest absolute Gasteiger partial charge is 0.242 e. The Morgan fingerprint density at radius 2 is 1.90 bits per heavy atom. The number of nitrogen functional groups attached to an aromatic ring is 1. The van der Waals surface area contributed by atoms with Gasteiger partial charge in [-0.2, -0.15) is 4.98 Å². The second kappa shape index (κ2) is 6.92. The molecule has 0 amide bonds. The highest BCUT2D eigenvalue weighted by Crippen LogP contribution is 2.30. The minimum atomic E-state index is 0.261. The number of rotatable bonds is 6. The number of nitrogens with zero attached hydrogens (tertiary/aromatic N) is 3. The molecule has 0 aliphatic heterocycles. The van der Waals surface area contributed by atoms with Crippen LogP contribution in [0, 0.1) is 0 Å². The van der Waals surface area contributed by atoms with Gasteiger partial charge in [0.2, 0.25) is 5.88 Å². The maximum Gasteiger partial charge on any atom is 0.242 e. The lowest BCUT2D eigenvalue weighted by atomic mass is 10.2. The zero-order chi connectivity index (χ0) is 15.2. The molecule has 0 atom stereocenters. The summed E-state index contributed by atoms with van der Waals surface area (Å²) >= 11 is 0. The third-order valence-electron chi connectivity index (χ3n) is 3.20. The fourth-order valence-electron chi connectivity index (χ4n) is 2.13. The highest BCUT2D eigenvalue weighted by molar-refractivity contribution is 5.68. The molecule has 2 rings (SSSR count). The van der Waals surface area contributed by atoms with Gasteiger partial charge in [-0.15, -0.1) is 0 Å². The number of aromatic nitrogens is 2. The number of hydrogen-bond acceptors (Lipinski definition) is 5. The summed E-state index contributed by atoms with van der Waals surface area (Å²) in [4.78, 5) is 10.6. The van der Waals surface area contributed by atoms with Crippen molar-refractivity contribution in [3.63, 3.8) is 0 Å². The van der Waals surface area contributed by atoms with Crippen molar-refractivity contribution in [2.24, 2.45) is 0 Å². The van der Waals surface area contributed by atoms with Crippen molar-refractivity contribution in [1.82, 2.24) is 9.97 Å². The van der Waals surface area contributed by atoms with Gasteiger partial charge in [-0.3, -0.25) is 0 Å². The molecule has 0 radical (unpaired) electrons. The molecule has 2 N–H and O–H groups in total. The van der Waals surface area contributed by atoms with Crippen LogP contribution in [0.15, 0.2) is 36.7 Å². The summed E-state index contributed by atoms with van der Waals surface area (Å²) in [6, 6.07) is 10.5. The Morgan fingerprint density at radius 3 is 2.52 bits per heavy atom. The molecule has 0 bridgehead atoms. The third-order valence-corrected chi connectivity index (χ3v) is 3.20. The molecule has 21 heavy (non-hydrogen) atoms. The number of hydrogen-bond donors (Lipinski definition) is 1. The van der Waals surface area contributed by atoms with E-state index in [0.29, 0.717) is 24.0 Å². The molecule has 0 spiro atoms. The first-order valence-electron chi connectivity index (χ1n) is 7.17. The predicted molar refractivity (Wildman–Crippen MR) is 85.4 cm³/mol. The molecule has 1 aromatic carbocycles. The van der Waals surface area contributed by atoms with Crippen molar-refractivity contribution in [2.45, 2.75) is 33.4 Å².